The Labute approximate surface area is 85.0 Å². The number of carbonyl (C=O) groups excluding carboxylic acids is 1. The Bertz CT molecular complexity index is 301. The number of esters is 1. The van der Waals surface area contributed by atoms with Crippen LogP contribution in [-0.4, -0.2) is 11.3 Å². The fraction of sp³-hybridized carbons (Fsp3) is 0.222. The highest BCUT2D eigenvalue weighted by atomic mass is 79.9. The van der Waals surface area contributed by atoms with Crippen molar-refractivity contribution < 1.29 is 9.53 Å². The van der Waals surface area contributed by atoms with E-state index in [4.69, 9.17) is 10.5 Å². The van der Waals surface area contributed by atoms with E-state index >= 15 is 0 Å². The Kier molecular flexibility index (Phi) is 3.92. The van der Waals surface area contributed by atoms with Gasteiger partial charge in [0.05, 0.1) is 0 Å². The number of halogens is 1. The number of carbonyl (C=O) groups is 1. The molecule has 0 unspecified atom stereocenters. The summed E-state index contributed by atoms with van der Waals surface area (Å²) in [5, 5.41) is 0.186. The zero-order chi connectivity index (χ0) is 9.68. The minimum absolute atomic E-state index is 0.186. The summed E-state index contributed by atoms with van der Waals surface area (Å²) in [7, 11) is 0. The number of alkyl halides is 1. The summed E-state index contributed by atoms with van der Waals surface area (Å²) in [5.41, 5.74) is 6.30. The zero-order valence-electron chi connectivity index (χ0n) is 7.00. The molecule has 0 aliphatic carbocycles. The zero-order valence-corrected chi connectivity index (χ0v) is 8.58. The molecule has 0 saturated carbocycles. The monoisotopic (exact) mass is 243 g/mol. The van der Waals surface area contributed by atoms with Crippen LogP contribution in [0.1, 0.15) is 5.56 Å². The third kappa shape index (κ3) is 2.82. The van der Waals surface area contributed by atoms with E-state index in [-0.39, 0.29) is 11.3 Å². The van der Waals surface area contributed by atoms with Crippen molar-refractivity contribution in [2.75, 3.05) is 5.33 Å². The van der Waals surface area contributed by atoms with Gasteiger partial charge in [-0.25, -0.2) is 0 Å². The first-order valence-electron chi connectivity index (χ1n) is 3.82. The van der Waals surface area contributed by atoms with E-state index in [1.54, 1.807) is 12.1 Å². The lowest BCUT2D eigenvalue weighted by Gasteiger charge is -2.06. The van der Waals surface area contributed by atoms with Gasteiger partial charge in [0.15, 0.2) is 0 Å². The van der Waals surface area contributed by atoms with Crippen molar-refractivity contribution in [3.05, 3.63) is 29.8 Å². The molecule has 0 amide bonds. The van der Waals surface area contributed by atoms with Crippen molar-refractivity contribution in [1.29, 1.82) is 0 Å². The molecule has 13 heavy (non-hydrogen) atoms. The third-order valence-electron chi connectivity index (χ3n) is 1.53. The SMILES string of the molecule is NCc1ccccc1OC(=O)CBr. The van der Waals surface area contributed by atoms with Gasteiger partial charge in [0.1, 0.15) is 11.1 Å². The summed E-state index contributed by atoms with van der Waals surface area (Å²) in [4.78, 5) is 10.9. The Hall–Kier alpha value is -0.870. The summed E-state index contributed by atoms with van der Waals surface area (Å²) < 4.78 is 5.02. The van der Waals surface area contributed by atoms with Gasteiger partial charge in [-0.05, 0) is 6.07 Å². The first-order chi connectivity index (χ1) is 6.27. The minimum atomic E-state index is -0.319. The molecular formula is C9H10BrNO2. The Morgan fingerprint density at radius 1 is 1.46 bits per heavy atom. The predicted octanol–water partition coefficient (Wildman–Crippen LogP) is 1.45. The van der Waals surface area contributed by atoms with Crippen LogP contribution in [0.3, 0.4) is 0 Å². The topological polar surface area (TPSA) is 52.3 Å². The second-order valence-corrected chi connectivity index (χ2v) is 2.98. The smallest absolute Gasteiger partial charge is 0.321 e. The summed E-state index contributed by atoms with van der Waals surface area (Å²) in [6.45, 7) is 0.367. The maximum absolute atomic E-state index is 10.9. The lowest BCUT2D eigenvalue weighted by molar-refractivity contribution is -0.131. The standard InChI is InChI=1S/C9H10BrNO2/c10-5-9(12)13-8-4-2-1-3-7(8)6-11/h1-4H,5-6,11H2. The van der Waals surface area contributed by atoms with Crippen molar-refractivity contribution in [3.63, 3.8) is 0 Å². The van der Waals surface area contributed by atoms with E-state index in [0.717, 1.165) is 5.56 Å². The van der Waals surface area contributed by atoms with Crippen molar-refractivity contribution in [2.24, 2.45) is 5.73 Å². The van der Waals surface area contributed by atoms with E-state index in [1.807, 2.05) is 12.1 Å². The third-order valence-corrected chi connectivity index (χ3v) is 1.98. The molecule has 1 aromatic rings. The van der Waals surface area contributed by atoms with E-state index in [9.17, 15) is 4.79 Å². The number of nitrogens with two attached hydrogens (primary N) is 1. The molecule has 0 saturated heterocycles. The highest BCUT2D eigenvalue weighted by Gasteiger charge is 2.05. The molecule has 0 bridgehead atoms. The highest BCUT2D eigenvalue weighted by Crippen LogP contribution is 2.17. The van der Waals surface area contributed by atoms with E-state index in [1.165, 1.54) is 0 Å². The summed E-state index contributed by atoms with van der Waals surface area (Å²) in [5.74, 6) is 0.218. The van der Waals surface area contributed by atoms with Crippen LogP contribution in [-0.2, 0) is 11.3 Å². The van der Waals surface area contributed by atoms with Crippen LogP contribution in [0, 0.1) is 0 Å². The van der Waals surface area contributed by atoms with E-state index in [0.29, 0.717) is 12.3 Å². The lowest BCUT2D eigenvalue weighted by atomic mass is 10.2. The largest absolute Gasteiger partial charge is 0.426 e. The van der Waals surface area contributed by atoms with Gasteiger partial charge < -0.3 is 10.5 Å². The Morgan fingerprint density at radius 3 is 2.77 bits per heavy atom. The lowest BCUT2D eigenvalue weighted by Crippen LogP contribution is -2.11. The first kappa shape index (κ1) is 10.2. The van der Waals surface area contributed by atoms with Crippen LogP contribution in [0.5, 0.6) is 5.75 Å². The molecule has 0 aliphatic heterocycles. The van der Waals surface area contributed by atoms with Gasteiger partial charge in [-0.15, -0.1) is 0 Å². The van der Waals surface area contributed by atoms with Crippen LogP contribution < -0.4 is 10.5 Å². The average molecular weight is 244 g/mol. The van der Waals surface area contributed by atoms with E-state index in [2.05, 4.69) is 15.9 Å². The maximum atomic E-state index is 10.9. The number of ether oxygens (including phenoxy) is 1. The Balaban J connectivity index is 2.81. The second kappa shape index (κ2) is 4.99. The molecule has 0 atom stereocenters. The Morgan fingerprint density at radius 2 is 2.15 bits per heavy atom. The number of rotatable bonds is 3. The maximum Gasteiger partial charge on any atom is 0.321 e. The van der Waals surface area contributed by atoms with Crippen molar-refractivity contribution in [3.8, 4) is 5.75 Å². The molecule has 0 radical (unpaired) electrons. The highest BCUT2D eigenvalue weighted by molar-refractivity contribution is 9.09. The van der Waals surface area contributed by atoms with Gasteiger partial charge in [0.25, 0.3) is 0 Å². The molecule has 2 N–H and O–H groups in total. The van der Waals surface area contributed by atoms with Crippen molar-refractivity contribution in [2.45, 2.75) is 6.54 Å². The molecule has 0 aromatic heterocycles. The van der Waals surface area contributed by atoms with Gasteiger partial charge in [0.2, 0.25) is 0 Å². The summed E-state index contributed by atoms with van der Waals surface area (Å²) >= 11 is 3.01. The van der Waals surface area contributed by atoms with Crippen LogP contribution in [0.25, 0.3) is 0 Å². The van der Waals surface area contributed by atoms with Gasteiger partial charge in [-0.2, -0.15) is 0 Å². The van der Waals surface area contributed by atoms with Gasteiger partial charge >= 0.3 is 5.97 Å². The van der Waals surface area contributed by atoms with Gasteiger partial charge in [-0.3, -0.25) is 4.79 Å². The first-order valence-corrected chi connectivity index (χ1v) is 4.94. The number of hydrogen-bond donors (Lipinski definition) is 1. The number of para-hydroxylation sites is 1. The van der Waals surface area contributed by atoms with Crippen LogP contribution >= 0.6 is 15.9 Å². The minimum Gasteiger partial charge on any atom is -0.426 e. The fourth-order valence-electron chi connectivity index (χ4n) is 0.922. The molecule has 0 fully saturated rings. The fourth-order valence-corrected chi connectivity index (χ4v) is 1.04. The molecule has 3 nitrogen and oxygen atoms in total. The normalized spacial score (nSPS) is 9.69. The predicted molar refractivity (Wildman–Crippen MR) is 53.8 cm³/mol. The molecule has 70 valence electrons. The molecule has 0 spiro atoms. The van der Waals surface area contributed by atoms with E-state index < -0.39 is 0 Å². The molecule has 0 aliphatic rings. The van der Waals surface area contributed by atoms with Gasteiger partial charge in [-0.1, -0.05) is 34.1 Å². The molecule has 0 heterocycles. The van der Waals surface area contributed by atoms with Crippen molar-refractivity contribution in [1.82, 2.24) is 0 Å². The number of benzene rings is 1. The van der Waals surface area contributed by atoms with Crippen molar-refractivity contribution >= 4 is 21.9 Å². The molecule has 4 heteroatoms. The average Bonchev–Trinajstić information content (AvgIpc) is 2.18. The second-order valence-electron chi connectivity index (χ2n) is 2.42. The quantitative estimate of drug-likeness (QED) is 0.497. The van der Waals surface area contributed by atoms with Crippen LogP contribution in [0.2, 0.25) is 0 Å². The van der Waals surface area contributed by atoms with Gasteiger partial charge in [0, 0.05) is 12.1 Å². The molecule has 1 rings (SSSR count). The van der Waals surface area contributed by atoms with Crippen LogP contribution in [0.4, 0.5) is 0 Å². The number of hydrogen-bond acceptors (Lipinski definition) is 3. The molecular weight excluding hydrogens is 234 g/mol. The summed E-state index contributed by atoms with van der Waals surface area (Å²) in [6.07, 6.45) is 0. The molecule has 1 aromatic carbocycles. The van der Waals surface area contributed by atoms with Crippen LogP contribution in [0.15, 0.2) is 24.3 Å². The summed E-state index contributed by atoms with van der Waals surface area (Å²) in [6, 6.07) is 7.21.